The molecule has 1 amide bonds. The molecule has 0 saturated carbocycles. The van der Waals surface area contributed by atoms with Gasteiger partial charge in [0.05, 0.1) is 41.5 Å². The Labute approximate surface area is 233 Å². The largest absolute Gasteiger partial charge is 0.497 e. The van der Waals surface area contributed by atoms with E-state index in [0.29, 0.717) is 40.3 Å². The summed E-state index contributed by atoms with van der Waals surface area (Å²) in [6.45, 7) is 0.447. The van der Waals surface area contributed by atoms with Gasteiger partial charge in [-0.1, -0.05) is 48.5 Å². The summed E-state index contributed by atoms with van der Waals surface area (Å²) in [6.07, 6.45) is 1.73. The molecule has 0 bridgehead atoms. The van der Waals surface area contributed by atoms with Gasteiger partial charge in [-0.2, -0.15) is 0 Å². The number of halogens is 1. The quantitative estimate of drug-likeness (QED) is 0.179. The van der Waals surface area contributed by atoms with Crippen LogP contribution in [0.25, 0.3) is 28.2 Å². The van der Waals surface area contributed by atoms with E-state index in [4.69, 9.17) is 9.72 Å². The minimum absolute atomic E-state index is 0.131. The standard InChI is InChI=1S/C31H22IN3O3/c1-38-23-14-12-22(13-15-23)35-29(33-27-16-11-21(32)17-26(27)31(35)37)18-25-24-9-5-6-10-28(24)34(30(25)36)19-20-7-3-2-4-8-20/h2-18H,19H2,1H3. The Kier molecular flexibility index (Phi) is 6.29. The number of benzene rings is 4. The highest BCUT2D eigenvalue weighted by Gasteiger charge is 2.32. The third kappa shape index (κ3) is 4.28. The van der Waals surface area contributed by atoms with Crippen LogP contribution in [0.2, 0.25) is 0 Å². The van der Waals surface area contributed by atoms with E-state index < -0.39 is 0 Å². The topological polar surface area (TPSA) is 64.4 Å². The number of carbonyl (C=O) groups is 1. The fourth-order valence-corrected chi connectivity index (χ4v) is 5.24. The lowest BCUT2D eigenvalue weighted by Crippen LogP contribution is -2.26. The fraction of sp³-hybridized carbons (Fsp3) is 0.0645. The van der Waals surface area contributed by atoms with Gasteiger partial charge in [0.2, 0.25) is 0 Å². The predicted octanol–water partition coefficient (Wildman–Crippen LogP) is 6.09. The zero-order valence-corrected chi connectivity index (χ0v) is 22.6. The van der Waals surface area contributed by atoms with Crippen molar-refractivity contribution in [3.8, 4) is 11.4 Å². The first-order valence-electron chi connectivity index (χ1n) is 12.1. The molecule has 1 aliphatic heterocycles. The Balaban J connectivity index is 1.55. The summed E-state index contributed by atoms with van der Waals surface area (Å²) < 4.78 is 7.81. The van der Waals surface area contributed by atoms with Crippen molar-refractivity contribution in [2.24, 2.45) is 0 Å². The number of hydrogen-bond acceptors (Lipinski definition) is 4. The maximum absolute atomic E-state index is 13.8. The number of anilines is 1. The highest BCUT2D eigenvalue weighted by atomic mass is 127. The van der Waals surface area contributed by atoms with Gasteiger partial charge in [0.1, 0.15) is 11.6 Å². The van der Waals surface area contributed by atoms with Crippen LogP contribution >= 0.6 is 22.6 Å². The number of para-hydroxylation sites is 1. The van der Waals surface area contributed by atoms with Gasteiger partial charge in [-0.05, 0) is 82.8 Å². The van der Waals surface area contributed by atoms with Crippen LogP contribution in [0.3, 0.4) is 0 Å². The van der Waals surface area contributed by atoms with Crippen molar-refractivity contribution in [3.63, 3.8) is 0 Å². The number of nitrogens with zero attached hydrogens (tertiary/aromatic N) is 3. The molecule has 5 aromatic rings. The number of fused-ring (bicyclic) bond motifs is 2. The fourth-order valence-electron chi connectivity index (χ4n) is 4.75. The first-order chi connectivity index (χ1) is 18.5. The minimum Gasteiger partial charge on any atom is -0.497 e. The Morgan fingerprint density at radius 3 is 2.39 bits per heavy atom. The second-order valence-electron chi connectivity index (χ2n) is 8.92. The van der Waals surface area contributed by atoms with Gasteiger partial charge in [0, 0.05) is 9.13 Å². The molecule has 0 atom stereocenters. The van der Waals surface area contributed by atoms with Crippen LogP contribution in [0.4, 0.5) is 5.69 Å². The van der Waals surface area contributed by atoms with Gasteiger partial charge in [-0.3, -0.25) is 14.2 Å². The highest BCUT2D eigenvalue weighted by molar-refractivity contribution is 14.1. The van der Waals surface area contributed by atoms with Gasteiger partial charge >= 0.3 is 0 Å². The van der Waals surface area contributed by atoms with Gasteiger partial charge in [-0.25, -0.2) is 4.98 Å². The van der Waals surface area contributed by atoms with Crippen molar-refractivity contribution in [2.75, 3.05) is 12.0 Å². The first-order valence-corrected chi connectivity index (χ1v) is 13.1. The molecule has 0 unspecified atom stereocenters. The lowest BCUT2D eigenvalue weighted by Gasteiger charge is -2.17. The number of aromatic nitrogens is 2. The van der Waals surface area contributed by atoms with Crippen LogP contribution in [0, 0.1) is 3.57 Å². The molecule has 0 radical (unpaired) electrons. The average molecular weight is 611 g/mol. The SMILES string of the molecule is COc1ccc(-n2c(C=C3C(=O)N(Cc4ccccc4)c4ccccc43)nc3ccc(I)cc3c2=O)cc1. The number of carbonyl (C=O) groups excluding carboxylic acids is 1. The Hall–Kier alpha value is -4.24. The zero-order chi connectivity index (χ0) is 26.2. The molecule has 1 aromatic heterocycles. The summed E-state index contributed by atoms with van der Waals surface area (Å²) in [4.78, 5) is 34.3. The van der Waals surface area contributed by atoms with E-state index in [1.165, 1.54) is 0 Å². The van der Waals surface area contributed by atoms with Gasteiger partial charge < -0.3 is 9.64 Å². The number of ether oxygens (including phenoxy) is 1. The summed E-state index contributed by atoms with van der Waals surface area (Å²) in [5, 5.41) is 0.513. The third-order valence-corrected chi connectivity index (χ3v) is 7.28. The molecule has 4 aromatic carbocycles. The summed E-state index contributed by atoms with van der Waals surface area (Å²) >= 11 is 2.19. The predicted molar refractivity (Wildman–Crippen MR) is 159 cm³/mol. The molecule has 0 spiro atoms. The van der Waals surface area contributed by atoms with E-state index in [1.54, 1.807) is 34.8 Å². The van der Waals surface area contributed by atoms with E-state index in [0.717, 1.165) is 20.4 Å². The van der Waals surface area contributed by atoms with Crippen molar-refractivity contribution >= 4 is 56.7 Å². The van der Waals surface area contributed by atoms with E-state index in [9.17, 15) is 9.59 Å². The van der Waals surface area contributed by atoms with E-state index in [1.807, 2.05) is 84.9 Å². The highest BCUT2D eigenvalue weighted by Crippen LogP contribution is 2.38. The molecular formula is C31H22IN3O3. The number of rotatable bonds is 5. The normalized spacial score (nSPS) is 13.8. The van der Waals surface area contributed by atoms with Gasteiger partial charge in [-0.15, -0.1) is 0 Å². The summed E-state index contributed by atoms with van der Waals surface area (Å²) in [5.41, 5.74) is 4.18. The molecule has 186 valence electrons. The molecule has 1 aliphatic rings. The maximum atomic E-state index is 13.8. The molecule has 0 aliphatic carbocycles. The molecule has 6 nitrogen and oxygen atoms in total. The summed E-state index contributed by atoms with van der Waals surface area (Å²) in [5.74, 6) is 0.934. The van der Waals surface area contributed by atoms with Crippen LogP contribution in [-0.2, 0) is 11.3 Å². The molecule has 2 heterocycles. The lowest BCUT2D eigenvalue weighted by atomic mass is 10.1. The first kappa shape index (κ1) is 24.1. The van der Waals surface area contributed by atoms with Crippen LogP contribution in [0.1, 0.15) is 17.0 Å². The lowest BCUT2D eigenvalue weighted by molar-refractivity contribution is -0.113. The molecule has 0 N–H and O–H groups in total. The zero-order valence-electron chi connectivity index (χ0n) is 20.5. The van der Waals surface area contributed by atoms with Crippen LogP contribution < -0.4 is 15.2 Å². The van der Waals surface area contributed by atoms with Crippen molar-refractivity contribution in [1.82, 2.24) is 9.55 Å². The van der Waals surface area contributed by atoms with Crippen LogP contribution in [0.5, 0.6) is 5.75 Å². The Morgan fingerprint density at radius 2 is 1.63 bits per heavy atom. The van der Waals surface area contributed by atoms with E-state index >= 15 is 0 Å². The van der Waals surface area contributed by atoms with Crippen LogP contribution in [0.15, 0.2) is 102 Å². The monoisotopic (exact) mass is 611 g/mol. The second kappa shape index (κ2) is 9.90. The van der Waals surface area contributed by atoms with Gasteiger partial charge in [0.25, 0.3) is 11.5 Å². The molecular weight excluding hydrogens is 589 g/mol. The van der Waals surface area contributed by atoms with E-state index in [2.05, 4.69) is 22.6 Å². The summed E-state index contributed by atoms with van der Waals surface area (Å²) in [6, 6.07) is 30.4. The van der Waals surface area contributed by atoms with Crippen molar-refractivity contribution in [2.45, 2.75) is 6.54 Å². The smallest absolute Gasteiger partial charge is 0.266 e. The molecule has 0 fully saturated rings. The molecule has 7 heteroatoms. The molecule has 0 saturated heterocycles. The van der Waals surface area contributed by atoms with Crippen molar-refractivity contribution in [1.29, 1.82) is 0 Å². The van der Waals surface area contributed by atoms with Crippen LogP contribution in [-0.4, -0.2) is 22.6 Å². The maximum Gasteiger partial charge on any atom is 0.266 e. The number of amides is 1. The van der Waals surface area contributed by atoms with E-state index in [-0.39, 0.29) is 11.5 Å². The average Bonchev–Trinajstić information content (AvgIpc) is 3.20. The van der Waals surface area contributed by atoms with Gasteiger partial charge in [0.15, 0.2) is 0 Å². The molecule has 6 rings (SSSR count). The number of methoxy groups -OCH3 is 1. The molecule has 38 heavy (non-hydrogen) atoms. The third-order valence-electron chi connectivity index (χ3n) is 6.60. The van der Waals surface area contributed by atoms with Crippen molar-refractivity contribution < 1.29 is 9.53 Å². The van der Waals surface area contributed by atoms with Crippen molar-refractivity contribution in [3.05, 3.63) is 128 Å². The second-order valence-corrected chi connectivity index (χ2v) is 10.2. The minimum atomic E-state index is -0.203. The summed E-state index contributed by atoms with van der Waals surface area (Å²) in [7, 11) is 1.60. The Bertz CT molecular complexity index is 1780. The Morgan fingerprint density at radius 1 is 0.895 bits per heavy atom. The number of hydrogen-bond donors (Lipinski definition) is 0.